The molecule has 1 amide bonds. The zero-order valence-corrected chi connectivity index (χ0v) is 11.5. The van der Waals surface area contributed by atoms with Crippen LogP contribution in [0.1, 0.15) is 15.9 Å². The van der Waals surface area contributed by atoms with Crippen LogP contribution in [0.25, 0.3) is 0 Å². The van der Waals surface area contributed by atoms with E-state index < -0.39 is 5.91 Å². The Bertz CT molecular complexity index is 650. The third-order valence-corrected chi connectivity index (χ3v) is 2.99. The molecule has 0 atom stereocenters. The van der Waals surface area contributed by atoms with Crippen molar-refractivity contribution in [3.8, 4) is 17.2 Å². The summed E-state index contributed by atoms with van der Waals surface area (Å²) in [6, 6.07) is 9.19. The molecule has 0 fully saturated rings. The van der Waals surface area contributed by atoms with Crippen LogP contribution in [0.5, 0.6) is 17.2 Å². The van der Waals surface area contributed by atoms with Gasteiger partial charge in [0.2, 0.25) is 0 Å². The number of methoxy groups -OCH3 is 1. The Hall–Kier alpha value is -2.89. The number of carbonyl (C=O) groups is 1. The first kappa shape index (κ1) is 14.5. The molecule has 0 unspecified atom stereocenters. The molecule has 6 heteroatoms. The van der Waals surface area contributed by atoms with Crippen LogP contribution in [0.2, 0.25) is 0 Å². The average molecular weight is 288 g/mol. The van der Waals surface area contributed by atoms with Crippen LogP contribution < -0.4 is 15.8 Å². The van der Waals surface area contributed by atoms with Crippen LogP contribution in [-0.4, -0.2) is 23.2 Å². The Kier molecular flexibility index (Phi) is 4.18. The Morgan fingerprint density at radius 1 is 1.24 bits per heavy atom. The molecule has 0 heterocycles. The molecule has 2 rings (SSSR count). The third kappa shape index (κ3) is 3.17. The van der Waals surface area contributed by atoms with Gasteiger partial charge in [0.15, 0.2) is 0 Å². The van der Waals surface area contributed by atoms with E-state index in [0.717, 1.165) is 0 Å². The second-order valence-electron chi connectivity index (χ2n) is 4.43. The zero-order valence-electron chi connectivity index (χ0n) is 11.5. The zero-order chi connectivity index (χ0) is 15.4. The monoisotopic (exact) mass is 288 g/mol. The molecule has 0 saturated heterocycles. The number of rotatable bonds is 4. The fourth-order valence-electron chi connectivity index (χ4n) is 1.96. The minimum atomic E-state index is -0.588. The van der Waals surface area contributed by atoms with E-state index in [4.69, 9.17) is 10.5 Å². The first-order chi connectivity index (χ1) is 10.0. The Labute approximate surface area is 121 Å². The summed E-state index contributed by atoms with van der Waals surface area (Å²) in [5.74, 6) is -0.569. The molecule has 6 nitrogen and oxygen atoms in total. The van der Waals surface area contributed by atoms with Crippen molar-refractivity contribution < 1.29 is 19.7 Å². The van der Waals surface area contributed by atoms with Gasteiger partial charge in [0, 0.05) is 17.8 Å². The minimum Gasteiger partial charge on any atom is -0.507 e. The molecule has 5 N–H and O–H groups in total. The number of phenolic OH excluding ortho intramolecular Hbond substituents is 2. The molecule has 0 aromatic heterocycles. The van der Waals surface area contributed by atoms with E-state index in [2.05, 4.69) is 5.32 Å². The van der Waals surface area contributed by atoms with E-state index in [0.29, 0.717) is 17.0 Å². The predicted octanol–water partition coefficient (Wildman–Crippen LogP) is 1.62. The molecule has 21 heavy (non-hydrogen) atoms. The van der Waals surface area contributed by atoms with Crippen LogP contribution in [0, 0.1) is 0 Å². The molecule has 0 radical (unpaired) electrons. The van der Waals surface area contributed by atoms with E-state index in [1.807, 2.05) is 0 Å². The lowest BCUT2D eigenvalue weighted by atomic mass is 10.1. The van der Waals surface area contributed by atoms with Gasteiger partial charge in [-0.25, -0.2) is 0 Å². The van der Waals surface area contributed by atoms with E-state index >= 15 is 0 Å². The summed E-state index contributed by atoms with van der Waals surface area (Å²) in [6.07, 6.45) is 0. The van der Waals surface area contributed by atoms with Crippen molar-refractivity contribution in [1.29, 1.82) is 0 Å². The van der Waals surface area contributed by atoms with Crippen molar-refractivity contribution in [2.75, 3.05) is 12.8 Å². The maximum absolute atomic E-state index is 12.0. The molecule has 0 aliphatic heterocycles. The lowest BCUT2D eigenvalue weighted by Crippen LogP contribution is -2.23. The maximum atomic E-state index is 12.0. The van der Waals surface area contributed by atoms with Gasteiger partial charge in [-0.1, -0.05) is 6.07 Å². The van der Waals surface area contributed by atoms with Crippen LogP contribution in [0.4, 0.5) is 5.69 Å². The molecule has 0 bridgehead atoms. The number of hydrogen-bond donors (Lipinski definition) is 4. The molecule has 0 aliphatic carbocycles. The second-order valence-corrected chi connectivity index (χ2v) is 4.43. The molecular weight excluding hydrogens is 272 g/mol. The number of nitrogens with two attached hydrogens (primary N) is 1. The normalized spacial score (nSPS) is 10.1. The van der Waals surface area contributed by atoms with Crippen molar-refractivity contribution in [2.45, 2.75) is 6.54 Å². The Morgan fingerprint density at radius 2 is 1.90 bits per heavy atom. The van der Waals surface area contributed by atoms with Crippen LogP contribution >= 0.6 is 0 Å². The summed E-state index contributed by atoms with van der Waals surface area (Å²) in [5, 5.41) is 21.9. The number of benzene rings is 2. The van der Waals surface area contributed by atoms with Crippen molar-refractivity contribution in [3.05, 3.63) is 47.5 Å². The summed E-state index contributed by atoms with van der Waals surface area (Å²) < 4.78 is 5.18. The van der Waals surface area contributed by atoms with Gasteiger partial charge in [-0.3, -0.25) is 4.79 Å². The van der Waals surface area contributed by atoms with Gasteiger partial charge in [-0.05, 0) is 30.3 Å². The SMILES string of the molecule is COc1ccc(N)cc1CNC(=O)c1c(O)cccc1O. The smallest absolute Gasteiger partial charge is 0.259 e. The first-order valence-corrected chi connectivity index (χ1v) is 6.24. The van der Waals surface area contributed by atoms with Gasteiger partial charge in [0.1, 0.15) is 22.8 Å². The van der Waals surface area contributed by atoms with Crippen molar-refractivity contribution >= 4 is 11.6 Å². The highest BCUT2D eigenvalue weighted by atomic mass is 16.5. The fourth-order valence-corrected chi connectivity index (χ4v) is 1.96. The van der Waals surface area contributed by atoms with Crippen molar-refractivity contribution in [1.82, 2.24) is 5.32 Å². The third-order valence-electron chi connectivity index (χ3n) is 2.99. The molecule has 110 valence electrons. The van der Waals surface area contributed by atoms with Crippen molar-refractivity contribution in [2.24, 2.45) is 0 Å². The lowest BCUT2D eigenvalue weighted by molar-refractivity contribution is 0.0945. The number of ether oxygens (including phenoxy) is 1. The lowest BCUT2D eigenvalue weighted by Gasteiger charge is -2.11. The van der Waals surface area contributed by atoms with E-state index in [1.165, 1.54) is 25.3 Å². The first-order valence-electron chi connectivity index (χ1n) is 6.24. The number of hydrogen-bond acceptors (Lipinski definition) is 5. The van der Waals surface area contributed by atoms with Crippen LogP contribution in [0.3, 0.4) is 0 Å². The molecule has 0 spiro atoms. The predicted molar refractivity (Wildman–Crippen MR) is 78.3 cm³/mol. The van der Waals surface area contributed by atoms with E-state index in [1.54, 1.807) is 18.2 Å². The summed E-state index contributed by atoms with van der Waals surface area (Å²) >= 11 is 0. The number of phenols is 2. The molecular formula is C15H16N2O4. The number of amides is 1. The minimum absolute atomic E-state index is 0.154. The Balaban J connectivity index is 2.17. The van der Waals surface area contributed by atoms with Gasteiger partial charge in [0.25, 0.3) is 5.91 Å². The Morgan fingerprint density at radius 3 is 2.52 bits per heavy atom. The standard InChI is InChI=1S/C15H16N2O4/c1-21-13-6-5-10(16)7-9(13)8-17-15(20)14-11(18)3-2-4-12(14)19/h2-7,18-19H,8,16H2,1H3,(H,17,20). The van der Waals surface area contributed by atoms with Crippen molar-refractivity contribution in [3.63, 3.8) is 0 Å². The number of aromatic hydroxyl groups is 2. The molecule has 0 saturated carbocycles. The van der Waals surface area contributed by atoms with Gasteiger partial charge < -0.3 is 26.0 Å². The van der Waals surface area contributed by atoms with Gasteiger partial charge in [0.05, 0.1) is 7.11 Å². The van der Waals surface area contributed by atoms with Crippen LogP contribution in [-0.2, 0) is 6.54 Å². The molecule has 2 aromatic carbocycles. The van der Waals surface area contributed by atoms with E-state index in [-0.39, 0.29) is 23.6 Å². The summed E-state index contributed by atoms with van der Waals surface area (Å²) in [7, 11) is 1.52. The van der Waals surface area contributed by atoms with E-state index in [9.17, 15) is 15.0 Å². The molecule has 2 aromatic rings. The number of nitrogens with one attached hydrogen (secondary N) is 1. The highest BCUT2D eigenvalue weighted by Gasteiger charge is 2.16. The highest BCUT2D eigenvalue weighted by molar-refractivity contribution is 5.99. The number of carbonyl (C=O) groups excluding carboxylic acids is 1. The summed E-state index contributed by atoms with van der Waals surface area (Å²) in [4.78, 5) is 12.0. The fraction of sp³-hybridized carbons (Fsp3) is 0.133. The average Bonchev–Trinajstić information content (AvgIpc) is 2.45. The second kappa shape index (κ2) is 6.04. The number of anilines is 1. The van der Waals surface area contributed by atoms with Crippen LogP contribution in [0.15, 0.2) is 36.4 Å². The largest absolute Gasteiger partial charge is 0.507 e. The van der Waals surface area contributed by atoms with Gasteiger partial charge in [-0.2, -0.15) is 0 Å². The molecule has 0 aliphatic rings. The quantitative estimate of drug-likeness (QED) is 0.640. The van der Waals surface area contributed by atoms with Gasteiger partial charge in [-0.15, -0.1) is 0 Å². The topological polar surface area (TPSA) is 105 Å². The summed E-state index contributed by atoms with van der Waals surface area (Å²) in [5.41, 5.74) is 6.78. The number of nitrogen functional groups attached to an aromatic ring is 1. The van der Waals surface area contributed by atoms with Gasteiger partial charge >= 0.3 is 0 Å². The highest BCUT2D eigenvalue weighted by Crippen LogP contribution is 2.26. The maximum Gasteiger partial charge on any atom is 0.259 e. The summed E-state index contributed by atoms with van der Waals surface area (Å²) in [6.45, 7) is 0.154.